The average Bonchev–Trinajstić information content (AvgIpc) is 2.17. The lowest BCUT2D eigenvalue weighted by Crippen LogP contribution is -1.91. The maximum atomic E-state index is 13.3. The fourth-order valence-corrected chi connectivity index (χ4v) is 1.45. The van der Waals surface area contributed by atoms with Crippen LogP contribution in [0, 0.1) is 17.7 Å². The van der Waals surface area contributed by atoms with E-state index in [4.69, 9.17) is 0 Å². The fourth-order valence-electron chi connectivity index (χ4n) is 1.11. The van der Waals surface area contributed by atoms with E-state index in [0.29, 0.717) is 10.2 Å². The highest BCUT2D eigenvalue weighted by molar-refractivity contribution is 9.10. The Kier molecular flexibility index (Phi) is 2.73. The van der Waals surface area contributed by atoms with Gasteiger partial charge in [0.15, 0.2) is 5.82 Å². The number of aromatic nitrogens is 2. The molecule has 2 aromatic heterocycles. The van der Waals surface area contributed by atoms with Crippen molar-refractivity contribution in [3.05, 3.63) is 46.8 Å². The van der Waals surface area contributed by atoms with Crippen LogP contribution in [0.3, 0.4) is 0 Å². The van der Waals surface area contributed by atoms with Gasteiger partial charge in [-0.1, -0.05) is 0 Å². The molecular formula is C10H4BrF2N2. The third-order valence-electron chi connectivity index (χ3n) is 1.73. The van der Waals surface area contributed by atoms with Crippen LogP contribution in [0.25, 0.3) is 11.3 Å². The van der Waals surface area contributed by atoms with Crippen LogP contribution < -0.4 is 0 Å². The molecule has 0 bridgehead atoms. The molecule has 0 atom stereocenters. The van der Waals surface area contributed by atoms with Crippen LogP contribution in [0.4, 0.5) is 8.78 Å². The summed E-state index contributed by atoms with van der Waals surface area (Å²) >= 11 is 3.11. The van der Waals surface area contributed by atoms with Gasteiger partial charge in [-0.25, -0.2) is 13.8 Å². The van der Waals surface area contributed by atoms with Gasteiger partial charge in [-0.15, -0.1) is 0 Å². The Morgan fingerprint density at radius 2 is 2.07 bits per heavy atom. The zero-order chi connectivity index (χ0) is 10.8. The summed E-state index contributed by atoms with van der Waals surface area (Å²) in [6.07, 6.45) is 2.45. The van der Waals surface area contributed by atoms with Crippen molar-refractivity contribution >= 4 is 15.9 Å². The number of rotatable bonds is 1. The number of nitrogens with zero attached hydrogens (tertiary/aromatic N) is 2. The predicted molar refractivity (Wildman–Crippen MR) is 53.9 cm³/mol. The van der Waals surface area contributed by atoms with Crippen molar-refractivity contribution in [3.8, 4) is 11.3 Å². The third kappa shape index (κ3) is 2.18. The van der Waals surface area contributed by atoms with Gasteiger partial charge < -0.3 is 0 Å². The van der Waals surface area contributed by atoms with Crippen molar-refractivity contribution in [2.45, 2.75) is 0 Å². The molecule has 0 aromatic carbocycles. The molecule has 0 spiro atoms. The fraction of sp³-hybridized carbons (Fsp3) is 0. The van der Waals surface area contributed by atoms with Gasteiger partial charge in [0.2, 0.25) is 0 Å². The largest absolute Gasteiger partial charge is 0.250 e. The number of halogens is 3. The Hall–Kier alpha value is -1.36. The molecular weight excluding hydrogens is 266 g/mol. The molecule has 0 fully saturated rings. The van der Waals surface area contributed by atoms with Gasteiger partial charge in [-0.3, -0.25) is 4.98 Å². The summed E-state index contributed by atoms with van der Waals surface area (Å²) in [6.45, 7) is 0. The minimum Gasteiger partial charge on any atom is -0.250 e. The Labute approximate surface area is 93.1 Å². The monoisotopic (exact) mass is 269 g/mol. The summed E-state index contributed by atoms with van der Waals surface area (Å²) in [5.41, 5.74) is 0.480. The summed E-state index contributed by atoms with van der Waals surface area (Å²) in [6, 6.07) is 5.10. The SMILES string of the molecule is Fc1cnc(-c2[c]c(Br)ncc2)c(F)c1. The van der Waals surface area contributed by atoms with E-state index in [1.807, 2.05) is 0 Å². The molecule has 2 aromatic rings. The molecule has 5 heteroatoms. The van der Waals surface area contributed by atoms with Crippen LogP contribution in [-0.2, 0) is 0 Å². The molecule has 0 saturated carbocycles. The van der Waals surface area contributed by atoms with Crippen LogP contribution in [0.2, 0.25) is 0 Å². The smallest absolute Gasteiger partial charge is 0.152 e. The number of pyridine rings is 2. The lowest BCUT2D eigenvalue weighted by atomic mass is 10.2. The maximum absolute atomic E-state index is 13.3. The molecule has 0 aliphatic rings. The van der Waals surface area contributed by atoms with E-state index < -0.39 is 11.6 Å². The summed E-state index contributed by atoms with van der Waals surface area (Å²) in [7, 11) is 0. The first-order valence-electron chi connectivity index (χ1n) is 4.02. The second-order valence-electron chi connectivity index (χ2n) is 2.76. The lowest BCUT2D eigenvalue weighted by Gasteiger charge is -2.01. The standard InChI is InChI=1S/C10H4BrF2N2/c11-9-3-6(1-2-14-9)10-8(13)4-7(12)5-15-10/h1-2,4-5H. The molecule has 0 aliphatic heterocycles. The molecule has 2 heterocycles. The topological polar surface area (TPSA) is 25.8 Å². The van der Waals surface area contributed by atoms with E-state index in [2.05, 4.69) is 32.0 Å². The van der Waals surface area contributed by atoms with Gasteiger partial charge in [0.05, 0.1) is 6.20 Å². The second kappa shape index (κ2) is 4.02. The molecule has 1 radical (unpaired) electrons. The lowest BCUT2D eigenvalue weighted by molar-refractivity contribution is 0.576. The Morgan fingerprint density at radius 3 is 2.73 bits per heavy atom. The van der Waals surface area contributed by atoms with Gasteiger partial charge in [-0.05, 0) is 22.0 Å². The van der Waals surface area contributed by atoms with E-state index in [-0.39, 0.29) is 5.69 Å². The molecule has 15 heavy (non-hydrogen) atoms. The first kappa shape index (κ1) is 10.2. The molecule has 0 N–H and O–H groups in total. The summed E-state index contributed by atoms with van der Waals surface area (Å²) in [5.74, 6) is -1.42. The molecule has 0 aliphatic carbocycles. The molecule has 0 unspecified atom stereocenters. The first-order valence-corrected chi connectivity index (χ1v) is 4.81. The summed E-state index contributed by atoms with van der Waals surface area (Å²) < 4.78 is 26.4. The Morgan fingerprint density at radius 1 is 1.27 bits per heavy atom. The van der Waals surface area contributed by atoms with Gasteiger partial charge in [0.1, 0.15) is 16.1 Å². The van der Waals surface area contributed by atoms with Crippen molar-refractivity contribution in [1.29, 1.82) is 0 Å². The van der Waals surface area contributed by atoms with Crippen molar-refractivity contribution in [2.75, 3.05) is 0 Å². The van der Waals surface area contributed by atoms with Gasteiger partial charge in [0, 0.05) is 23.9 Å². The van der Waals surface area contributed by atoms with Crippen molar-refractivity contribution in [1.82, 2.24) is 9.97 Å². The van der Waals surface area contributed by atoms with E-state index in [1.165, 1.54) is 6.20 Å². The van der Waals surface area contributed by atoms with Gasteiger partial charge in [-0.2, -0.15) is 0 Å². The van der Waals surface area contributed by atoms with E-state index >= 15 is 0 Å². The van der Waals surface area contributed by atoms with Gasteiger partial charge >= 0.3 is 0 Å². The normalized spacial score (nSPS) is 10.3. The van der Waals surface area contributed by atoms with E-state index in [9.17, 15) is 8.78 Å². The van der Waals surface area contributed by atoms with Gasteiger partial charge in [0.25, 0.3) is 0 Å². The van der Waals surface area contributed by atoms with Crippen LogP contribution >= 0.6 is 15.9 Å². The zero-order valence-electron chi connectivity index (χ0n) is 7.34. The third-order valence-corrected chi connectivity index (χ3v) is 2.13. The molecule has 2 nitrogen and oxygen atoms in total. The first-order chi connectivity index (χ1) is 7.16. The van der Waals surface area contributed by atoms with E-state index in [0.717, 1.165) is 12.3 Å². The zero-order valence-corrected chi connectivity index (χ0v) is 8.92. The Bertz CT molecular complexity index is 503. The summed E-state index contributed by atoms with van der Waals surface area (Å²) in [4.78, 5) is 7.51. The van der Waals surface area contributed by atoms with Crippen molar-refractivity contribution in [2.24, 2.45) is 0 Å². The van der Waals surface area contributed by atoms with Crippen molar-refractivity contribution in [3.63, 3.8) is 0 Å². The average molecular weight is 270 g/mol. The van der Waals surface area contributed by atoms with Crippen LogP contribution in [0.1, 0.15) is 0 Å². The predicted octanol–water partition coefficient (Wildman–Crippen LogP) is 2.98. The quantitative estimate of drug-likeness (QED) is 0.744. The summed E-state index contributed by atoms with van der Waals surface area (Å²) in [5, 5.41) is 0. The van der Waals surface area contributed by atoms with Crippen molar-refractivity contribution < 1.29 is 8.78 Å². The van der Waals surface area contributed by atoms with Crippen LogP contribution in [0.15, 0.2) is 29.1 Å². The minimum absolute atomic E-state index is 0.0551. The highest BCUT2D eigenvalue weighted by atomic mass is 79.9. The maximum Gasteiger partial charge on any atom is 0.152 e. The molecule has 2 rings (SSSR count). The molecule has 75 valence electrons. The number of hydrogen-bond donors (Lipinski definition) is 0. The molecule has 0 amide bonds. The highest BCUT2D eigenvalue weighted by Crippen LogP contribution is 2.21. The van der Waals surface area contributed by atoms with Crippen LogP contribution in [0.5, 0.6) is 0 Å². The van der Waals surface area contributed by atoms with E-state index in [1.54, 1.807) is 6.07 Å². The minimum atomic E-state index is -0.718. The Balaban J connectivity index is 2.54. The molecule has 0 saturated heterocycles. The van der Waals surface area contributed by atoms with Crippen LogP contribution in [-0.4, -0.2) is 9.97 Å². The number of hydrogen-bond acceptors (Lipinski definition) is 2. The second-order valence-corrected chi connectivity index (χ2v) is 3.51. The highest BCUT2D eigenvalue weighted by Gasteiger charge is 2.08.